The molecule has 25 heavy (non-hydrogen) atoms. The zero-order chi connectivity index (χ0) is 19.4. The number of hydrogen-bond acceptors (Lipinski definition) is 6. The zero-order valence-corrected chi connectivity index (χ0v) is 14.9. The summed E-state index contributed by atoms with van der Waals surface area (Å²) in [6, 6.07) is 3.51. The van der Waals surface area contributed by atoms with Crippen molar-refractivity contribution in [2.24, 2.45) is 0 Å². The van der Waals surface area contributed by atoms with Crippen molar-refractivity contribution in [3.05, 3.63) is 34.9 Å². The van der Waals surface area contributed by atoms with E-state index in [0.717, 1.165) is 10.5 Å². The van der Waals surface area contributed by atoms with E-state index in [1.165, 1.54) is 19.2 Å². The molecule has 140 valence electrons. The molecule has 0 atom stereocenters. The number of carbonyl (C=O) groups is 2. The summed E-state index contributed by atoms with van der Waals surface area (Å²) >= 11 is 0.293. The van der Waals surface area contributed by atoms with Crippen LogP contribution in [0.2, 0.25) is 0 Å². The lowest BCUT2D eigenvalue weighted by atomic mass is 10.00. The van der Waals surface area contributed by atoms with Crippen LogP contribution in [0.5, 0.6) is 0 Å². The van der Waals surface area contributed by atoms with Gasteiger partial charge in [-0.2, -0.15) is 17.6 Å². The summed E-state index contributed by atoms with van der Waals surface area (Å²) in [7, 11) is 1.38. The molecule has 0 aliphatic rings. The van der Waals surface area contributed by atoms with Crippen molar-refractivity contribution in [3.63, 3.8) is 0 Å². The third-order valence-corrected chi connectivity index (χ3v) is 3.49. The van der Waals surface area contributed by atoms with Gasteiger partial charge in [0, 0.05) is 0 Å². The number of hydrogen-bond donors (Lipinski definition) is 2. The highest BCUT2D eigenvalue weighted by molar-refractivity contribution is 8.11. The Hall–Kier alpha value is -1.78. The molecule has 6 nitrogen and oxygen atoms in total. The summed E-state index contributed by atoms with van der Waals surface area (Å²) in [5, 5.41) is 7.49. The van der Waals surface area contributed by atoms with Crippen molar-refractivity contribution in [2.45, 2.75) is 39.1 Å². The standard InChI is InChI=1S/C15H19F3N2O4S/c1-14(2,3)24-12(21)10-7-5-6-9(11(10)15(16,17)18)8-20(19-4)25-13(22)23/h5-7,19H,8H2,1-4H3,(H,22,23). The molecule has 1 rings (SSSR count). The molecule has 0 amide bonds. The molecule has 0 unspecified atom stereocenters. The number of alkyl halides is 3. The van der Waals surface area contributed by atoms with E-state index < -0.39 is 34.2 Å². The maximum atomic E-state index is 13.5. The van der Waals surface area contributed by atoms with Crippen molar-refractivity contribution in [1.29, 1.82) is 0 Å². The predicted octanol–water partition coefficient (Wildman–Crippen LogP) is 3.92. The number of hydrazine groups is 1. The summed E-state index contributed by atoms with van der Waals surface area (Å²) in [5.41, 5.74) is -0.481. The normalized spacial score (nSPS) is 12.3. The van der Waals surface area contributed by atoms with E-state index in [4.69, 9.17) is 9.84 Å². The Labute approximate surface area is 147 Å². The Balaban J connectivity index is 3.33. The average Bonchev–Trinajstić information content (AvgIpc) is 2.42. The molecule has 0 bridgehead atoms. The highest BCUT2D eigenvalue weighted by Gasteiger charge is 2.39. The van der Waals surface area contributed by atoms with Gasteiger partial charge in [-0.1, -0.05) is 12.1 Å². The van der Waals surface area contributed by atoms with Gasteiger partial charge in [-0.05, 0) is 39.4 Å². The summed E-state index contributed by atoms with van der Waals surface area (Å²) in [6.07, 6.45) is -4.81. The SMILES string of the molecule is CNN(Cc1cccc(C(=O)OC(C)(C)C)c1C(F)(F)F)SC(=O)O. The van der Waals surface area contributed by atoms with E-state index in [1.807, 2.05) is 0 Å². The van der Waals surface area contributed by atoms with Crippen molar-refractivity contribution < 1.29 is 32.6 Å². The number of nitrogens with one attached hydrogen (secondary N) is 1. The Bertz CT molecular complexity index is 645. The summed E-state index contributed by atoms with van der Waals surface area (Å²) < 4.78 is 46.7. The van der Waals surface area contributed by atoms with Gasteiger partial charge in [0.2, 0.25) is 0 Å². The van der Waals surface area contributed by atoms with Gasteiger partial charge in [-0.25, -0.2) is 15.0 Å². The van der Waals surface area contributed by atoms with Crippen LogP contribution in [0.4, 0.5) is 18.0 Å². The minimum absolute atomic E-state index is 0.251. The lowest BCUT2D eigenvalue weighted by molar-refractivity contribution is -0.139. The molecule has 1 aromatic carbocycles. The Morgan fingerprint density at radius 3 is 2.32 bits per heavy atom. The Morgan fingerprint density at radius 1 is 1.28 bits per heavy atom. The molecule has 0 aromatic heterocycles. The van der Waals surface area contributed by atoms with Crippen LogP contribution in [-0.4, -0.2) is 33.4 Å². The summed E-state index contributed by atoms with van der Waals surface area (Å²) in [4.78, 5) is 22.9. The van der Waals surface area contributed by atoms with Gasteiger partial charge in [0.25, 0.3) is 0 Å². The van der Waals surface area contributed by atoms with Gasteiger partial charge in [0.1, 0.15) is 5.60 Å². The second-order valence-electron chi connectivity index (χ2n) is 5.96. The fourth-order valence-corrected chi connectivity index (χ4v) is 2.46. The van der Waals surface area contributed by atoms with Gasteiger partial charge in [0.15, 0.2) is 0 Å². The molecule has 1 aromatic rings. The number of ether oxygens (including phenoxy) is 1. The second kappa shape index (κ2) is 8.07. The molecule has 0 heterocycles. The van der Waals surface area contributed by atoms with E-state index >= 15 is 0 Å². The van der Waals surface area contributed by atoms with Crippen LogP contribution in [0, 0.1) is 0 Å². The molecular formula is C15H19F3N2O4S. The quantitative estimate of drug-likeness (QED) is 0.455. The van der Waals surface area contributed by atoms with E-state index in [9.17, 15) is 22.8 Å². The third-order valence-electron chi connectivity index (χ3n) is 2.80. The molecule has 0 fully saturated rings. The molecule has 10 heteroatoms. The smallest absolute Gasteiger partial charge is 0.417 e. The van der Waals surface area contributed by atoms with Gasteiger partial charge < -0.3 is 9.84 Å². The van der Waals surface area contributed by atoms with Crippen molar-refractivity contribution >= 4 is 23.2 Å². The van der Waals surface area contributed by atoms with Crippen LogP contribution in [0.1, 0.15) is 42.3 Å². The Kier molecular flexibility index (Phi) is 6.86. The highest BCUT2D eigenvalue weighted by atomic mass is 32.2. The number of esters is 1. The minimum Gasteiger partial charge on any atom is -0.472 e. The van der Waals surface area contributed by atoms with E-state index in [0.29, 0.717) is 11.9 Å². The predicted molar refractivity (Wildman–Crippen MR) is 86.8 cm³/mol. The maximum absolute atomic E-state index is 13.5. The Morgan fingerprint density at radius 2 is 1.88 bits per heavy atom. The van der Waals surface area contributed by atoms with Gasteiger partial charge >= 0.3 is 17.4 Å². The van der Waals surface area contributed by atoms with Crippen molar-refractivity contribution in [3.8, 4) is 0 Å². The van der Waals surface area contributed by atoms with E-state index in [1.54, 1.807) is 20.8 Å². The number of carbonyl (C=O) groups excluding carboxylic acids is 1. The van der Waals surface area contributed by atoms with Gasteiger partial charge in [0.05, 0.1) is 29.6 Å². The molecule has 0 aliphatic heterocycles. The lowest BCUT2D eigenvalue weighted by Gasteiger charge is -2.24. The van der Waals surface area contributed by atoms with Gasteiger partial charge in [-0.15, -0.1) is 0 Å². The van der Waals surface area contributed by atoms with Crippen LogP contribution in [-0.2, 0) is 17.5 Å². The molecular weight excluding hydrogens is 361 g/mol. The molecule has 2 N–H and O–H groups in total. The second-order valence-corrected chi connectivity index (χ2v) is 6.93. The molecule has 0 saturated carbocycles. The first kappa shape index (κ1) is 21.3. The summed E-state index contributed by atoms with van der Waals surface area (Å²) in [5.74, 6) is -1.09. The van der Waals surface area contributed by atoms with Crippen LogP contribution in [0.25, 0.3) is 0 Å². The van der Waals surface area contributed by atoms with Crippen molar-refractivity contribution in [2.75, 3.05) is 7.05 Å². The highest BCUT2D eigenvalue weighted by Crippen LogP contribution is 2.36. The van der Waals surface area contributed by atoms with Crippen LogP contribution < -0.4 is 5.43 Å². The molecule has 0 saturated heterocycles. The first-order valence-electron chi connectivity index (χ1n) is 7.13. The largest absolute Gasteiger partial charge is 0.472 e. The third kappa shape index (κ3) is 6.56. The molecule has 0 aliphatic carbocycles. The number of benzene rings is 1. The lowest BCUT2D eigenvalue weighted by Crippen LogP contribution is -2.31. The van der Waals surface area contributed by atoms with Gasteiger partial charge in [-0.3, -0.25) is 0 Å². The fourth-order valence-electron chi connectivity index (χ4n) is 1.98. The topological polar surface area (TPSA) is 78.9 Å². The van der Waals surface area contributed by atoms with E-state index in [2.05, 4.69) is 5.43 Å². The average molecular weight is 380 g/mol. The number of carboxylic acid groups (broad SMARTS) is 1. The number of rotatable bonds is 5. The number of nitrogens with zero attached hydrogens (tertiary/aromatic N) is 1. The zero-order valence-electron chi connectivity index (χ0n) is 14.1. The molecule has 0 spiro atoms. The molecule has 0 radical (unpaired) electrons. The summed E-state index contributed by atoms with van der Waals surface area (Å²) in [6.45, 7) is 4.26. The monoisotopic (exact) mass is 380 g/mol. The fraction of sp³-hybridized carbons (Fsp3) is 0.467. The van der Waals surface area contributed by atoms with Crippen LogP contribution in [0.15, 0.2) is 18.2 Å². The van der Waals surface area contributed by atoms with Crippen LogP contribution >= 0.6 is 11.9 Å². The first-order valence-corrected chi connectivity index (χ1v) is 7.90. The first-order chi connectivity index (χ1) is 11.3. The minimum atomic E-state index is -4.81. The maximum Gasteiger partial charge on any atom is 0.417 e. The number of halogens is 3. The van der Waals surface area contributed by atoms with E-state index in [-0.39, 0.29) is 12.1 Å². The van der Waals surface area contributed by atoms with Crippen LogP contribution in [0.3, 0.4) is 0 Å². The van der Waals surface area contributed by atoms with Crippen molar-refractivity contribution in [1.82, 2.24) is 9.84 Å².